The molecule has 1 aromatic carbocycles. The third-order valence-electron chi connectivity index (χ3n) is 1.92. The van der Waals surface area contributed by atoms with Gasteiger partial charge in [-0.2, -0.15) is 13.2 Å². The minimum absolute atomic E-state index is 0.0426. The molecule has 0 aliphatic carbocycles. The van der Waals surface area contributed by atoms with Crippen LogP contribution in [0.25, 0.3) is 0 Å². The third-order valence-corrected chi connectivity index (χ3v) is 2.36. The minimum Gasteiger partial charge on any atom is -0.370 e. The van der Waals surface area contributed by atoms with Gasteiger partial charge in [-0.25, -0.2) is 0 Å². The maximum Gasteiger partial charge on any atom is 0.411 e. The molecule has 0 aliphatic heterocycles. The van der Waals surface area contributed by atoms with Gasteiger partial charge in [0, 0.05) is 22.2 Å². The number of nitrogens with one attached hydrogen (secondary N) is 1. The van der Waals surface area contributed by atoms with Crippen molar-refractivity contribution in [2.75, 3.05) is 19.8 Å². The molecule has 3 nitrogen and oxygen atoms in total. The zero-order valence-electron chi connectivity index (χ0n) is 9.56. The summed E-state index contributed by atoms with van der Waals surface area (Å²) in [7, 11) is 0. The third kappa shape index (κ3) is 6.66. The van der Waals surface area contributed by atoms with Crippen LogP contribution in [0.15, 0.2) is 18.2 Å². The van der Waals surface area contributed by atoms with E-state index in [0.717, 1.165) is 0 Å². The van der Waals surface area contributed by atoms with E-state index in [4.69, 9.17) is 23.2 Å². The van der Waals surface area contributed by atoms with Gasteiger partial charge in [0.2, 0.25) is 0 Å². The Hall–Kier alpha value is -0.980. The van der Waals surface area contributed by atoms with Crippen molar-refractivity contribution in [3.63, 3.8) is 0 Å². The van der Waals surface area contributed by atoms with E-state index in [1.165, 1.54) is 18.2 Å². The van der Waals surface area contributed by atoms with Crippen molar-refractivity contribution in [1.29, 1.82) is 0 Å². The minimum atomic E-state index is -4.37. The first-order valence-corrected chi connectivity index (χ1v) is 5.92. The van der Waals surface area contributed by atoms with Crippen molar-refractivity contribution >= 4 is 29.1 Å². The number of ether oxygens (including phenoxy) is 1. The Balaban J connectivity index is 2.35. The lowest BCUT2D eigenvalue weighted by Gasteiger charge is -2.09. The maximum absolute atomic E-state index is 11.8. The van der Waals surface area contributed by atoms with Crippen LogP contribution in [-0.2, 0) is 4.74 Å². The lowest BCUT2D eigenvalue weighted by molar-refractivity contribution is -0.173. The lowest BCUT2D eigenvalue weighted by Crippen LogP contribution is -2.28. The maximum atomic E-state index is 11.8. The van der Waals surface area contributed by atoms with Gasteiger partial charge >= 0.3 is 6.18 Å². The Morgan fingerprint density at radius 3 is 2.32 bits per heavy atom. The molecule has 0 aliphatic rings. The Morgan fingerprint density at radius 1 is 1.21 bits per heavy atom. The van der Waals surface area contributed by atoms with E-state index in [-0.39, 0.29) is 18.7 Å². The van der Waals surface area contributed by atoms with Crippen molar-refractivity contribution in [2.24, 2.45) is 0 Å². The monoisotopic (exact) mass is 315 g/mol. The first kappa shape index (κ1) is 16.1. The molecule has 8 heteroatoms. The average Bonchev–Trinajstić information content (AvgIpc) is 2.25. The van der Waals surface area contributed by atoms with Crippen molar-refractivity contribution in [1.82, 2.24) is 5.32 Å². The fourth-order valence-corrected chi connectivity index (χ4v) is 1.74. The summed E-state index contributed by atoms with van der Waals surface area (Å²) in [6.45, 7) is -1.62. The highest BCUT2D eigenvalue weighted by molar-refractivity contribution is 6.35. The molecule has 1 aromatic rings. The fraction of sp³-hybridized carbons (Fsp3) is 0.364. The van der Waals surface area contributed by atoms with Crippen molar-refractivity contribution in [3.8, 4) is 0 Å². The van der Waals surface area contributed by atoms with Crippen LogP contribution < -0.4 is 5.32 Å². The summed E-state index contributed by atoms with van der Waals surface area (Å²) in [4.78, 5) is 11.6. The molecule has 0 unspecified atom stereocenters. The molecule has 0 saturated heterocycles. The van der Waals surface area contributed by atoms with Gasteiger partial charge in [0.25, 0.3) is 5.91 Å². The summed E-state index contributed by atoms with van der Waals surface area (Å²) in [5.74, 6) is -0.486. The smallest absolute Gasteiger partial charge is 0.370 e. The normalized spacial score (nSPS) is 11.4. The first-order valence-electron chi connectivity index (χ1n) is 5.17. The number of alkyl halides is 3. The van der Waals surface area contributed by atoms with E-state index in [0.29, 0.717) is 10.0 Å². The van der Waals surface area contributed by atoms with Crippen molar-refractivity contribution in [3.05, 3.63) is 33.8 Å². The molecular weight excluding hydrogens is 306 g/mol. The number of halogens is 5. The number of hydrogen-bond acceptors (Lipinski definition) is 2. The van der Waals surface area contributed by atoms with Gasteiger partial charge in [-0.3, -0.25) is 4.79 Å². The summed E-state index contributed by atoms with van der Waals surface area (Å²) in [5.41, 5.74) is 0.230. The van der Waals surface area contributed by atoms with Crippen LogP contribution in [0, 0.1) is 0 Å². The Labute approximate surface area is 117 Å². The second kappa shape index (κ2) is 6.98. The first-order chi connectivity index (χ1) is 8.78. The summed E-state index contributed by atoms with van der Waals surface area (Å²) in [6, 6.07) is 4.27. The molecule has 0 atom stereocenters. The molecular formula is C11H10Cl2F3NO2. The SMILES string of the molecule is O=C(NCCOCC(F)(F)F)c1cc(Cl)cc(Cl)c1. The Morgan fingerprint density at radius 2 is 1.79 bits per heavy atom. The van der Waals surface area contributed by atoms with Crippen LogP contribution >= 0.6 is 23.2 Å². The van der Waals surface area contributed by atoms with Crippen LogP contribution in [0.1, 0.15) is 10.4 Å². The van der Waals surface area contributed by atoms with Crippen molar-refractivity contribution in [2.45, 2.75) is 6.18 Å². The van der Waals surface area contributed by atoms with Gasteiger partial charge in [0.15, 0.2) is 0 Å². The van der Waals surface area contributed by atoms with E-state index in [1.54, 1.807) is 0 Å². The largest absolute Gasteiger partial charge is 0.411 e. The highest BCUT2D eigenvalue weighted by atomic mass is 35.5. The van der Waals surface area contributed by atoms with Gasteiger partial charge in [-0.05, 0) is 18.2 Å². The molecule has 0 bridgehead atoms. The van der Waals surface area contributed by atoms with E-state index in [9.17, 15) is 18.0 Å². The van der Waals surface area contributed by atoms with E-state index in [2.05, 4.69) is 10.1 Å². The van der Waals surface area contributed by atoms with Crippen LogP contribution in [0.5, 0.6) is 0 Å². The summed E-state index contributed by atoms with van der Waals surface area (Å²) >= 11 is 11.4. The fourth-order valence-electron chi connectivity index (χ4n) is 1.21. The zero-order valence-corrected chi connectivity index (χ0v) is 11.1. The molecule has 0 aromatic heterocycles. The number of carbonyl (C=O) groups is 1. The summed E-state index contributed by atoms with van der Waals surface area (Å²) in [5, 5.41) is 2.99. The van der Waals surface area contributed by atoms with Gasteiger partial charge in [0.05, 0.1) is 6.61 Å². The second-order valence-corrected chi connectivity index (χ2v) is 4.45. The average molecular weight is 316 g/mol. The number of hydrogen-bond donors (Lipinski definition) is 1. The molecule has 1 rings (SSSR count). The number of amides is 1. The number of carbonyl (C=O) groups excluding carboxylic acids is 1. The van der Waals surface area contributed by atoms with Crippen LogP contribution in [-0.4, -0.2) is 31.8 Å². The van der Waals surface area contributed by atoms with Crippen LogP contribution in [0.2, 0.25) is 10.0 Å². The molecule has 1 amide bonds. The molecule has 19 heavy (non-hydrogen) atoms. The lowest BCUT2D eigenvalue weighted by atomic mass is 10.2. The Kier molecular flexibility index (Phi) is 5.90. The van der Waals surface area contributed by atoms with E-state index >= 15 is 0 Å². The highest BCUT2D eigenvalue weighted by Gasteiger charge is 2.27. The molecule has 1 N–H and O–H groups in total. The molecule has 0 radical (unpaired) electrons. The molecule has 106 valence electrons. The van der Waals surface area contributed by atoms with E-state index in [1.807, 2.05) is 0 Å². The molecule has 0 fully saturated rings. The topological polar surface area (TPSA) is 38.3 Å². The number of benzene rings is 1. The van der Waals surface area contributed by atoms with Crippen LogP contribution in [0.3, 0.4) is 0 Å². The van der Waals surface area contributed by atoms with E-state index < -0.39 is 18.7 Å². The highest BCUT2D eigenvalue weighted by Crippen LogP contribution is 2.19. The van der Waals surface area contributed by atoms with Gasteiger partial charge in [0.1, 0.15) is 6.61 Å². The van der Waals surface area contributed by atoms with Gasteiger partial charge in [-0.15, -0.1) is 0 Å². The predicted octanol–water partition coefficient (Wildman–Crippen LogP) is 3.30. The molecule has 0 heterocycles. The molecule has 0 spiro atoms. The summed E-state index contributed by atoms with van der Waals surface area (Å²) in [6.07, 6.45) is -4.37. The van der Waals surface area contributed by atoms with Crippen LogP contribution in [0.4, 0.5) is 13.2 Å². The number of rotatable bonds is 5. The predicted molar refractivity (Wildman–Crippen MR) is 65.7 cm³/mol. The standard InChI is InChI=1S/C11H10Cl2F3NO2/c12-8-3-7(4-9(13)5-8)10(18)17-1-2-19-6-11(14,15)16/h3-5H,1-2,6H2,(H,17,18). The summed E-state index contributed by atoms with van der Waals surface area (Å²) < 4.78 is 39.6. The quantitative estimate of drug-likeness (QED) is 0.847. The van der Waals surface area contributed by atoms with Gasteiger partial charge in [-0.1, -0.05) is 23.2 Å². The Bertz CT molecular complexity index is 432. The zero-order chi connectivity index (χ0) is 14.5. The second-order valence-electron chi connectivity index (χ2n) is 3.58. The van der Waals surface area contributed by atoms with Crippen molar-refractivity contribution < 1.29 is 22.7 Å². The van der Waals surface area contributed by atoms with Gasteiger partial charge < -0.3 is 10.1 Å². The molecule has 0 saturated carbocycles.